The minimum atomic E-state index is -1.45. The Labute approximate surface area is 161 Å². The van der Waals surface area contributed by atoms with E-state index in [1.807, 2.05) is 0 Å². The van der Waals surface area contributed by atoms with E-state index in [-0.39, 0.29) is 47.6 Å². The molecular formula is C13H13N4NaO7. The van der Waals surface area contributed by atoms with Gasteiger partial charge in [0.05, 0.1) is 5.69 Å². The summed E-state index contributed by atoms with van der Waals surface area (Å²) in [7, 11) is 0. The molecule has 25 heavy (non-hydrogen) atoms. The maximum Gasteiger partial charge on any atom is 1.00 e. The number of anilines is 2. The summed E-state index contributed by atoms with van der Waals surface area (Å²) < 4.78 is 6.37. The van der Waals surface area contributed by atoms with Crippen LogP contribution >= 0.6 is 0 Å². The Kier molecular flexibility index (Phi) is 5.66. The SMILES string of the molecule is Nc1ccn([C@@H]2O[C@H](CNc3c([O-])c(=O)c3=O)[C@@H](O)[C@H]2O)c(=O)n1.[Na+]. The largest absolute Gasteiger partial charge is 1.00 e. The molecule has 1 aliphatic rings. The molecule has 0 aliphatic carbocycles. The van der Waals surface area contributed by atoms with Gasteiger partial charge in [-0.3, -0.25) is 14.2 Å². The van der Waals surface area contributed by atoms with Crippen molar-refractivity contribution in [2.45, 2.75) is 24.5 Å². The van der Waals surface area contributed by atoms with Gasteiger partial charge in [-0.2, -0.15) is 4.98 Å². The molecule has 0 bridgehead atoms. The molecule has 1 fully saturated rings. The Morgan fingerprint density at radius 3 is 2.56 bits per heavy atom. The molecule has 1 saturated heterocycles. The fourth-order valence-electron chi connectivity index (χ4n) is 2.48. The number of rotatable bonds is 4. The van der Waals surface area contributed by atoms with E-state index in [4.69, 9.17) is 10.5 Å². The fourth-order valence-corrected chi connectivity index (χ4v) is 2.48. The van der Waals surface area contributed by atoms with Crippen LogP contribution in [0.1, 0.15) is 6.23 Å². The van der Waals surface area contributed by atoms with Crippen molar-refractivity contribution >= 4 is 11.5 Å². The number of nitrogens with two attached hydrogens (primary N) is 1. The van der Waals surface area contributed by atoms with E-state index in [0.29, 0.717) is 0 Å². The molecule has 11 nitrogen and oxygen atoms in total. The molecule has 0 radical (unpaired) electrons. The van der Waals surface area contributed by atoms with Crippen LogP contribution in [0.3, 0.4) is 0 Å². The minimum absolute atomic E-state index is 0. The number of hydrogen-bond acceptors (Lipinski definition) is 10. The van der Waals surface area contributed by atoms with Crippen LogP contribution in [-0.2, 0) is 4.74 Å². The standard InChI is InChI=1S/C13H14N4O7.Na/c14-5-1-2-17(13(23)16-5)12-11(22)7(18)4(24-12)3-15-6-8(19)10(21)9(6)20;/h1-2,4,7,11-12,15,18-19,22H,3H2,(H2,14,16,23);/q;+1/p-1/t4-,7-,11-,12-;/m1./s1. The average molecular weight is 360 g/mol. The van der Waals surface area contributed by atoms with Crippen LogP contribution in [0.15, 0.2) is 26.6 Å². The molecular weight excluding hydrogens is 347 g/mol. The molecule has 0 saturated carbocycles. The van der Waals surface area contributed by atoms with Crippen molar-refractivity contribution in [3.63, 3.8) is 0 Å². The van der Waals surface area contributed by atoms with Gasteiger partial charge in [0.2, 0.25) is 10.9 Å². The van der Waals surface area contributed by atoms with Crippen molar-refractivity contribution in [3.05, 3.63) is 43.2 Å². The number of nitrogen functional groups attached to an aromatic ring is 1. The smallest absolute Gasteiger partial charge is 0.868 e. The third-order valence-electron chi connectivity index (χ3n) is 3.81. The number of aromatic nitrogens is 2. The summed E-state index contributed by atoms with van der Waals surface area (Å²) in [6, 6.07) is 1.32. The fraction of sp³-hybridized carbons (Fsp3) is 0.385. The first kappa shape index (κ1) is 19.6. The summed E-state index contributed by atoms with van der Waals surface area (Å²) in [6.45, 7) is -0.216. The molecule has 0 amide bonds. The summed E-state index contributed by atoms with van der Waals surface area (Å²) in [5.74, 6) is -0.950. The monoisotopic (exact) mass is 360 g/mol. The zero-order valence-corrected chi connectivity index (χ0v) is 15.1. The molecule has 4 atom stereocenters. The summed E-state index contributed by atoms with van der Waals surface area (Å²) >= 11 is 0. The number of ether oxygens (including phenoxy) is 1. The van der Waals surface area contributed by atoms with E-state index in [9.17, 15) is 29.7 Å². The van der Waals surface area contributed by atoms with Gasteiger partial charge >= 0.3 is 35.2 Å². The summed E-state index contributed by atoms with van der Waals surface area (Å²) in [5, 5.41) is 33.7. The molecule has 128 valence electrons. The maximum absolute atomic E-state index is 11.8. The average Bonchev–Trinajstić information content (AvgIpc) is 2.83. The van der Waals surface area contributed by atoms with Crippen LogP contribution < -0.4 is 62.3 Å². The number of aliphatic hydroxyl groups excluding tert-OH is 2. The van der Waals surface area contributed by atoms with Gasteiger partial charge in [0, 0.05) is 12.7 Å². The van der Waals surface area contributed by atoms with E-state index < -0.39 is 46.8 Å². The van der Waals surface area contributed by atoms with Crippen molar-refractivity contribution in [2.24, 2.45) is 0 Å². The predicted molar refractivity (Wildman–Crippen MR) is 78.1 cm³/mol. The van der Waals surface area contributed by atoms with E-state index in [2.05, 4.69) is 10.3 Å². The maximum atomic E-state index is 11.8. The molecule has 2 aromatic rings. The third-order valence-corrected chi connectivity index (χ3v) is 3.81. The third kappa shape index (κ3) is 3.34. The van der Waals surface area contributed by atoms with Crippen molar-refractivity contribution in [3.8, 4) is 5.75 Å². The summed E-state index contributed by atoms with van der Waals surface area (Å²) in [6.07, 6.45) is -3.83. The Morgan fingerprint density at radius 2 is 1.96 bits per heavy atom. The van der Waals surface area contributed by atoms with Crippen molar-refractivity contribution in [1.82, 2.24) is 9.55 Å². The molecule has 1 aromatic heterocycles. The minimum Gasteiger partial charge on any atom is -0.868 e. The number of nitrogens with zero attached hydrogens (tertiary/aromatic N) is 2. The topological polar surface area (TPSA) is 180 Å². The quantitative estimate of drug-likeness (QED) is 0.302. The first-order chi connectivity index (χ1) is 11.3. The number of aliphatic hydroxyl groups is 2. The Hall–Kier alpha value is -1.76. The van der Waals surface area contributed by atoms with Crippen molar-refractivity contribution < 1.29 is 49.6 Å². The van der Waals surface area contributed by atoms with Gasteiger partial charge in [0.1, 0.15) is 24.1 Å². The van der Waals surface area contributed by atoms with Crippen LogP contribution in [0.4, 0.5) is 11.5 Å². The first-order valence-corrected chi connectivity index (χ1v) is 6.91. The molecule has 2 heterocycles. The summed E-state index contributed by atoms with van der Waals surface area (Å²) in [5.41, 5.74) is 2.16. The van der Waals surface area contributed by atoms with E-state index in [1.165, 1.54) is 12.3 Å². The zero-order chi connectivity index (χ0) is 17.6. The molecule has 3 rings (SSSR count). The van der Waals surface area contributed by atoms with Crippen LogP contribution in [0.2, 0.25) is 0 Å². The molecule has 0 spiro atoms. The molecule has 5 N–H and O–H groups in total. The molecule has 1 aromatic carbocycles. The van der Waals surface area contributed by atoms with Crippen LogP contribution in [0.5, 0.6) is 5.75 Å². The Bertz CT molecular complexity index is 907. The van der Waals surface area contributed by atoms with Gasteiger partial charge in [0.15, 0.2) is 6.23 Å². The van der Waals surface area contributed by atoms with E-state index in [1.54, 1.807) is 0 Å². The van der Waals surface area contributed by atoms with Gasteiger partial charge in [-0.25, -0.2) is 4.79 Å². The van der Waals surface area contributed by atoms with Crippen LogP contribution in [0, 0.1) is 0 Å². The van der Waals surface area contributed by atoms with Gasteiger partial charge < -0.3 is 31.1 Å². The van der Waals surface area contributed by atoms with Crippen molar-refractivity contribution in [2.75, 3.05) is 17.6 Å². The second kappa shape index (κ2) is 7.23. The molecule has 0 unspecified atom stereocenters. The Balaban J connectivity index is 0.00000225. The van der Waals surface area contributed by atoms with Gasteiger partial charge in [-0.15, -0.1) is 0 Å². The second-order valence-corrected chi connectivity index (χ2v) is 5.33. The van der Waals surface area contributed by atoms with E-state index >= 15 is 0 Å². The first-order valence-electron chi connectivity index (χ1n) is 6.91. The molecule has 1 aliphatic heterocycles. The second-order valence-electron chi connectivity index (χ2n) is 5.33. The zero-order valence-electron chi connectivity index (χ0n) is 13.1. The normalized spacial score (nSPS) is 25.7. The van der Waals surface area contributed by atoms with Crippen molar-refractivity contribution in [1.29, 1.82) is 0 Å². The van der Waals surface area contributed by atoms with E-state index in [0.717, 1.165) is 4.57 Å². The summed E-state index contributed by atoms with van der Waals surface area (Å²) in [4.78, 5) is 37.3. The predicted octanol–water partition coefficient (Wildman–Crippen LogP) is -6.77. The van der Waals surface area contributed by atoms with Gasteiger partial charge in [-0.1, -0.05) is 0 Å². The molecule has 12 heteroatoms. The number of hydrogen-bond donors (Lipinski definition) is 4. The van der Waals surface area contributed by atoms with Crippen LogP contribution in [-0.4, -0.2) is 44.6 Å². The van der Waals surface area contributed by atoms with Crippen LogP contribution in [0.25, 0.3) is 0 Å². The van der Waals surface area contributed by atoms with Gasteiger partial charge in [-0.05, 0) is 11.8 Å². The number of nitrogens with one attached hydrogen (secondary N) is 1. The van der Waals surface area contributed by atoms with Gasteiger partial charge in [0.25, 0.3) is 0 Å². The Morgan fingerprint density at radius 1 is 1.28 bits per heavy atom.